The Balaban J connectivity index is 1.23. The van der Waals surface area contributed by atoms with Crippen LogP contribution >= 0.6 is 23.4 Å². The van der Waals surface area contributed by atoms with E-state index in [4.69, 9.17) is 11.6 Å². The number of nitrogens with zero attached hydrogens (tertiary/aromatic N) is 3. The summed E-state index contributed by atoms with van der Waals surface area (Å²) in [6, 6.07) is 14.3. The number of hydrogen-bond donors (Lipinski definition) is 1. The summed E-state index contributed by atoms with van der Waals surface area (Å²) < 4.78 is 37.6. The molecule has 0 aliphatic carbocycles. The van der Waals surface area contributed by atoms with E-state index in [9.17, 15) is 18.0 Å². The molecule has 2 heterocycles. The highest BCUT2D eigenvalue weighted by Crippen LogP contribution is 2.37. The molecule has 2 aliphatic rings. The third-order valence-corrected chi connectivity index (χ3v) is 7.70. The predicted molar refractivity (Wildman–Crippen MR) is 141 cm³/mol. The van der Waals surface area contributed by atoms with Gasteiger partial charge in [-0.15, -0.1) is 0 Å². The Kier molecular flexibility index (Phi) is 8.96. The monoisotopic (exact) mass is 540 g/mol. The minimum Gasteiger partial charge on any atom is -0.381 e. The normalized spacial score (nSPS) is 20.3. The van der Waals surface area contributed by atoms with Gasteiger partial charge in [-0.1, -0.05) is 18.5 Å². The highest BCUT2D eigenvalue weighted by Gasteiger charge is 2.30. The van der Waals surface area contributed by atoms with Crippen LogP contribution in [-0.2, 0) is 4.79 Å². The fourth-order valence-electron chi connectivity index (χ4n) is 4.90. The van der Waals surface area contributed by atoms with Gasteiger partial charge in [0.1, 0.15) is 0 Å². The van der Waals surface area contributed by atoms with Gasteiger partial charge in [0.25, 0.3) is 0 Å². The summed E-state index contributed by atoms with van der Waals surface area (Å²) in [6.07, 6.45) is 1.82. The van der Waals surface area contributed by atoms with Crippen molar-refractivity contribution in [1.29, 1.82) is 0 Å². The minimum absolute atomic E-state index is 0.0824. The van der Waals surface area contributed by atoms with Crippen molar-refractivity contribution in [1.82, 2.24) is 9.80 Å². The molecule has 4 rings (SSSR count). The van der Waals surface area contributed by atoms with Gasteiger partial charge >= 0.3 is 5.51 Å². The third kappa shape index (κ3) is 7.70. The van der Waals surface area contributed by atoms with E-state index in [-0.39, 0.29) is 34.5 Å². The Hall–Kier alpha value is -2.10. The number of likely N-dealkylation sites (tertiary alicyclic amines) is 1. The lowest BCUT2D eigenvalue weighted by Crippen LogP contribution is -2.51. The van der Waals surface area contributed by atoms with Crippen molar-refractivity contribution in [2.24, 2.45) is 5.92 Å². The van der Waals surface area contributed by atoms with Gasteiger partial charge in [0.15, 0.2) is 0 Å². The summed E-state index contributed by atoms with van der Waals surface area (Å²) in [5.74, 6) is 0.0723. The number of benzene rings is 2. The molecule has 1 amide bonds. The number of rotatable bonds is 7. The molecule has 10 heteroatoms. The zero-order valence-electron chi connectivity index (χ0n) is 20.3. The average molecular weight is 541 g/mol. The number of alkyl halides is 3. The SMILES string of the molecule is CC(CN1CCN(c2ccc(Cl)cc2)CC1)C(=O)N1CCC[C@H](Nc2ccc(SC(F)(F)F)cc2)C1. The second-order valence-electron chi connectivity index (χ2n) is 9.51. The van der Waals surface area contributed by atoms with Crippen LogP contribution in [0.15, 0.2) is 53.4 Å². The Morgan fingerprint density at radius 2 is 1.72 bits per heavy atom. The van der Waals surface area contributed by atoms with Gasteiger partial charge in [-0.3, -0.25) is 9.69 Å². The number of piperidine rings is 1. The largest absolute Gasteiger partial charge is 0.446 e. The maximum Gasteiger partial charge on any atom is 0.446 e. The van der Waals surface area contributed by atoms with Crippen LogP contribution < -0.4 is 10.2 Å². The molecule has 1 unspecified atom stereocenters. The highest BCUT2D eigenvalue weighted by atomic mass is 35.5. The lowest BCUT2D eigenvalue weighted by Gasteiger charge is -2.39. The maximum atomic E-state index is 13.2. The molecule has 36 heavy (non-hydrogen) atoms. The van der Waals surface area contributed by atoms with Crippen molar-refractivity contribution in [3.05, 3.63) is 53.6 Å². The van der Waals surface area contributed by atoms with E-state index in [1.807, 2.05) is 36.1 Å². The van der Waals surface area contributed by atoms with Gasteiger partial charge in [-0.05, 0) is 73.1 Å². The quantitative estimate of drug-likeness (QED) is 0.448. The number of carbonyl (C=O) groups is 1. The molecule has 0 radical (unpaired) electrons. The molecule has 5 nitrogen and oxygen atoms in total. The summed E-state index contributed by atoms with van der Waals surface area (Å²) in [7, 11) is 0. The highest BCUT2D eigenvalue weighted by molar-refractivity contribution is 8.00. The van der Waals surface area contributed by atoms with Gasteiger partial charge in [0.05, 0.1) is 0 Å². The second-order valence-corrected chi connectivity index (χ2v) is 11.1. The van der Waals surface area contributed by atoms with E-state index < -0.39 is 5.51 Å². The molecule has 1 N–H and O–H groups in total. The Morgan fingerprint density at radius 3 is 2.36 bits per heavy atom. The van der Waals surface area contributed by atoms with Crippen LogP contribution in [0.4, 0.5) is 24.5 Å². The lowest BCUT2D eigenvalue weighted by atomic mass is 10.0. The number of halogens is 4. The second kappa shape index (κ2) is 12.0. The fourth-order valence-corrected chi connectivity index (χ4v) is 5.57. The first-order valence-corrected chi connectivity index (χ1v) is 13.5. The summed E-state index contributed by atoms with van der Waals surface area (Å²) in [4.78, 5) is 20.0. The number of anilines is 2. The molecule has 2 aliphatic heterocycles. The molecule has 0 aromatic heterocycles. The molecule has 0 saturated carbocycles. The predicted octanol–water partition coefficient (Wildman–Crippen LogP) is 5.81. The molecule has 2 fully saturated rings. The Bertz CT molecular complexity index is 998. The lowest BCUT2D eigenvalue weighted by molar-refractivity contribution is -0.136. The van der Waals surface area contributed by atoms with Gasteiger partial charge in [0, 0.05) is 79.1 Å². The number of amides is 1. The number of carbonyl (C=O) groups excluding carboxylic acids is 1. The standard InChI is InChI=1S/C26H32ClF3N4OS/c1-19(17-32-13-15-33(16-14-32)23-8-4-20(27)5-9-23)25(35)34-12-2-3-22(18-34)31-21-6-10-24(11-7-21)36-26(28,29)30/h4-11,19,22,31H,2-3,12-18H2,1H3/t19?,22-/m0/s1. The summed E-state index contributed by atoms with van der Waals surface area (Å²) in [6.45, 7) is 7.73. The number of thioether (sulfide) groups is 1. The zero-order valence-corrected chi connectivity index (χ0v) is 21.9. The van der Waals surface area contributed by atoms with Crippen molar-refractivity contribution >= 4 is 40.6 Å². The maximum absolute atomic E-state index is 13.2. The first kappa shape index (κ1) is 26.9. The van der Waals surface area contributed by atoms with Crippen molar-refractivity contribution < 1.29 is 18.0 Å². The van der Waals surface area contributed by atoms with Gasteiger partial charge in [-0.2, -0.15) is 13.2 Å². The smallest absolute Gasteiger partial charge is 0.381 e. The molecule has 196 valence electrons. The van der Waals surface area contributed by atoms with E-state index in [0.29, 0.717) is 6.54 Å². The van der Waals surface area contributed by atoms with Crippen molar-refractivity contribution in [3.63, 3.8) is 0 Å². The van der Waals surface area contributed by atoms with E-state index in [2.05, 4.69) is 15.1 Å². The van der Waals surface area contributed by atoms with Gasteiger partial charge < -0.3 is 15.1 Å². The van der Waals surface area contributed by atoms with Gasteiger partial charge in [-0.25, -0.2) is 0 Å². The van der Waals surface area contributed by atoms with Crippen molar-refractivity contribution in [3.8, 4) is 0 Å². The van der Waals surface area contributed by atoms with Gasteiger partial charge in [0.2, 0.25) is 5.91 Å². The molecule has 2 atom stereocenters. The summed E-state index contributed by atoms with van der Waals surface area (Å²) >= 11 is 5.88. The van der Waals surface area contributed by atoms with Crippen LogP contribution in [0.5, 0.6) is 0 Å². The van der Waals surface area contributed by atoms with Crippen molar-refractivity contribution in [2.45, 2.75) is 36.2 Å². The summed E-state index contributed by atoms with van der Waals surface area (Å²) in [5, 5.41) is 4.13. The molecule has 0 spiro atoms. The first-order chi connectivity index (χ1) is 17.2. The minimum atomic E-state index is -4.29. The fraction of sp³-hybridized carbons (Fsp3) is 0.500. The summed E-state index contributed by atoms with van der Waals surface area (Å²) in [5.41, 5.74) is -2.35. The molecular weight excluding hydrogens is 509 g/mol. The number of nitrogens with one attached hydrogen (secondary N) is 1. The first-order valence-electron chi connectivity index (χ1n) is 12.3. The topological polar surface area (TPSA) is 38.8 Å². The van der Waals surface area contributed by atoms with Crippen LogP contribution in [0.1, 0.15) is 19.8 Å². The Morgan fingerprint density at radius 1 is 1.06 bits per heavy atom. The van der Waals surface area contributed by atoms with Crippen LogP contribution in [0.25, 0.3) is 0 Å². The number of hydrogen-bond acceptors (Lipinski definition) is 5. The molecule has 2 aromatic carbocycles. The van der Waals surface area contributed by atoms with E-state index in [1.54, 1.807) is 12.1 Å². The zero-order chi connectivity index (χ0) is 25.7. The molecule has 0 bridgehead atoms. The number of piperazine rings is 1. The van der Waals surface area contributed by atoms with E-state index in [1.165, 1.54) is 17.8 Å². The van der Waals surface area contributed by atoms with E-state index >= 15 is 0 Å². The third-order valence-electron chi connectivity index (χ3n) is 6.71. The molecular formula is C26H32ClF3N4OS. The van der Waals surface area contributed by atoms with Crippen LogP contribution in [-0.4, -0.2) is 73.1 Å². The van der Waals surface area contributed by atoms with Crippen molar-refractivity contribution in [2.75, 3.05) is 56.0 Å². The average Bonchev–Trinajstić information content (AvgIpc) is 2.85. The van der Waals surface area contributed by atoms with Crippen LogP contribution in [0.3, 0.4) is 0 Å². The van der Waals surface area contributed by atoms with E-state index in [0.717, 1.165) is 62.8 Å². The molecule has 2 saturated heterocycles. The van der Waals surface area contributed by atoms with Crippen LogP contribution in [0.2, 0.25) is 5.02 Å². The Labute approximate surface area is 219 Å². The molecule has 2 aromatic rings. The van der Waals surface area contributed by atoms with Crippen LogP contribution in [0, 0.1) is 5.92 Å².